The summed E-state index contributed by atoms with van der Waals surface area (Å²) in [6.07, 6.45) is -10.6. The average molecular weight is 610 g/mol. The van der Waals surface area contributed by atoms with E-state index < -0.39 is 49.0 Å². The van der Waals surface area contributed by atoms with Crippen molar-refractivity contribution in [2.75, 3.05) is 11.4 Å². The lowest BCUT2D eigenvalue weighted by Gasteiger charge is -2.30. The molecule has 0 bridgehead atoms. The summed E-state index contributed by atoms with van der Waals surface area (Å²) in [5.74, 6) is -11.4. The van der Waals surface area contributed by atoms with Gasteiger partial charge in [0.15, 0.2) is 6.10 Å². The molecule has 3 nitrogen and oxygen atoms in total. The molecule has 0 radical (unpaired) electrons. The molecule has 1 N–H and O–H groups in total. The monoisotopic (exact) mass is 609 g/mol. The van der Waals surface area contributed by atoms with Gasteiger partial charge < -0.3 is 14.7 Å². The Balaban J connectivity index is 1.64. The van der Waals surface area contributed by atoms with Crippen molar-refractivity contribution in [2.24, 2.45) is 0 Å². The van der Waals surface area contributed by atoms with E-state index in [1.165, 1.54) is 29.8 Å². The maximum absolute atomic E-state index is 14.3. The summed E-state index contributed by atoms with van der Waals surface area (Å²) >= 11 is 0. The van der Waals surface area contributed by atoms with Gasteiger partial charge in [-0.2, -0.15) is 43.9 Å². The van der Waals surface area contributed by atoms with E-state index in [4.69, 9.17) is 4.74 Å². The van der Waals surface area contributed by atoms with Crippen molar-refractivity contribution in [1.82, 2.24) is 0 Å². The van der Waals surface area contributed by atoms with Crippen molar-refractivity contribution in [1.29, 1.82) is 0 Å². The molecule has 1 atom stereocenters. The van der Waals surface area contributed by atoms with Crippen LogP contribution >= 0.6 is 0 Å². The highest BCUT2D eigenvalue weighted by Gasteiger charge is 2.73. The van der Waals surface area contributed by atoms with Crippen molar-refractivity contribution >= 4 is 5.69 Å². The van der Waals surface area contributed by atoms with Gasteiger partial charge in [0.1, 0.15) is 11.5 Å². The lowest BCUT2D eigenvalue weighted by atomic mass is 9.92. The van der Waals surface area contributed by atoms with E-state index in [1.54, 1.807) is 6.07 Å². The normalized spacial score (nSPS) is 15.2. The number of ether oxygens (including phenoxy) is 1. The summed E-state index contributed by atoms with van der Waals surface area (Å²) in [6, 6.07) is 13.7. The zero-order valence-corrected chi connectivity index (χ0v) is 21.8. The summed E-state index contributed by atoms with van der Waals surface area (Å²) in [4.78, 5) is 0.928. The van der Waals surface area contributed by atoms with Gasteiger partial charge in [-0.05, 0) is 72.7 Å². The Morgan fingerprint density at radius 2 is 1.38 bits per heavy atom. The molecule has 0 aliphatic heterocycles. The number of fused-ring (bicyclic) bond motifs is 1. The predicted octanol–water partition coefficient (Wildman–Crippen LogP) is 8.58. The first kappa shape index (κ1) is 31.5. The highest BCUT2D eigenvalue weighted by atomic mass is 19.4. The Bertz CT molecular complexity index is 1390. The van der Waals surface area contributed by atoms with Gasteiger partial charge in [-0.1, -0.05) is 30.3 Å². The SMILES string of the molecule is OC(CN(Cc1cccc(C(F)(F)C(F)(F)C(F)(F)F)c1)c1cccc(Oc2ccc3c(c2)CCCC3)c1)C(F)(F)F. The molecule has 0 saturated heterocycles. The van der Waals surface area contributed by atoms with E-state index in [9.17, 15) is 49.0 Å². The number of halogens is 10. The van der Waals surface area contributed by atoms with E-state index in [-0.39, 0.29) is 17.0 Å². The number of rotatable bonds is 9. The summed E-state index contributed by atoms with van der Waals surface area (Å²) in [5.41, 5.74) is 0.350. The third-order valence-corrected chi connectivity index (χ3v) is 6.92. The summed E-state index contributed by atoms with van der Waals surface area (Å²) < 4.78 is 140. The smallest absolute Gasteiger partial charge is 0.457 e. The molecule has 0 fully saturated rings. The molecule has 3 aromatic carbocycles. The van der Waals surface area contributed by atoms with Crippen LogP contribution in [0.2, 0.25) is 0 Å². The maximum atomic E-state index is 14.3. The first-order chi connectivity index (χ1) is 19.5. The van der Waals surface area contributed by atoms with Gasteiger partial charge in [0, 0.05) is 23.9 Å². The molecule has 1 unspecified atom stereocenters. The minimum atomic E-state index is -6.56. The summed E-state index contributed by atoms with van der Waals surface area (Å²) in [6.45, 7) is -1.76. The van der Waals surface area contributed by atoms with Gasteiger partial charge >= 0.3 is 24.2 Å². The number of nitrogens with zero attached hydrogens (tertiary/aromatic N) is 1. The fourth-order valence-corrected chi connectivity index (χ4v) is 4.67. The summed E-state index contributed by atoms with van der Waals surface area (Å²) in [5, 5.41) is 9.75. The molecule has 0 heterocycles. The third kappa shape index (κ3) is 6.77. The second kappa shape index (κ2) is 11.7. The number of hydrogen-bond donors (Lipinski definition) is 1. The van der Waals surface area contributed by atoms with Gasteiger partial charge in [0.2, 0.25) is 0 Å². The topological polar surface area (TPSA) is 32.7 Å². The van der Waals surface area contributed by atoms with Crippen molar-refractivity contribution in [2.45, 2.75) is 62.5 Å². The highest BCUT2D eigenvalue weighted by Crippen LogP contribution is 2.51. The van der Waals surface area contributed by atoms with Crippen LogP contribution in [0, 0.1) is 0 Å². The molecule has 1 aliphatic carbocycles. The molecule has 0 saturated carbocycles. The average Bonchev–Trinajstić information content (AvgIpc) is 2.91. The van der Waals surface area contributed by atoms with E-state index in [1.807, 2.05) is 12.1 Å². The number of aryl methyl sites for hydroxylation is 2. The van der Waals surface area contributed by atoms with Gasteiger partial charge in [-0.3, -0.25) is 0 Å². The Hall–Kier alpha value is -3.48. The van der Waals surface area contributed by atoms with Crippen LogP contribution in [0.5, 0.6) is 11.5 Å². The molecule has 4 rings (SSSR count). The molecular weight excluding hydrogens is 584 g/mol. The lowest BCUT2D eigenvalue weighted by molar-refractivity contribution is -0.359. The van der Waals surface area contributed by atoms with E-state index >= 15 is 0 Å². The van der Waals surface area contributed by atoms with Crippen LogP contribution in [0.3, 0.4) is 0 Å². The second-order valence-electron chi connectivity index (χ2n) is 10.0. The fraction of sp³-hybridized carbons (Fsp3) is 0.379. The molecule has 1 aliphatic rings. The van der Waals surface area contributed by atoms with Crippen LogP contribution in [-0.2, 0) is 25.3 Å². The number of anilines is 1. The summed E-state index contributed by atoms with van der Waals surface area (Å²) in [7, 11) is 0. The van der Waals surface area contributed by atoms with E-state index in [0.717, 1.165) is 48.3 Å². The second-order valence-corrected chi connectivity index (χ2v) is 10.0. The van der Waals surface area contributed by atoms with Crippen LogP contribution in [0.4, 0.5) is 49.6 Å². The Morgan fingerprint density at radius 3 is 2.05 bits per heavy atom. The molecular formula is C29H25F10NO2. The van der Waals surface area contributed by atoms with Crippen LogP contribution in [0.1, 0.15) is 35.1 Å². The van der Waals surface area contributed by atoms with Crippen LogP contribution in [0.25, 0.3) is 0 Å². The van der Waals surface area contributed by atoms with Crippen molar-refractivity contribution in [3.8, 4) is 11.5 Å². The molecule has 3 aromatic rings. The zero-order valence-electron chi connectivity index (χ0n) is 21.8. The van der Waals surface area contributed by atoms with Crippen molar-refractivity contribution in [3.63, 3.8) is 0 Å². The molecule has 0 spiro atoms. The Kier molecular flexibility index (Phi) is 8.73. The van der Waals surface area contributed by atoms with E-state index in [2.05, 4.69) is 0 Å². The van der Waals surface area contributed by atoms with Crippen LogP contribution in [-0.4, -0.2) is 36.0 Å². The molecule has 13 heteroatoms. The van der Waals surface area contributed by atoms with Gasteiger partial charge in [-0.25, -0.2) is 0 Å². The van der Waals surface area contributed by atoms with Crippen LogP contribution < -0.4 is 9.64 Å². The Morgan fingerprint density at radius 1 is 0.738 bits per heavy atom. The third-order valence-electron chi connectivity index (χ3n) is 6.92. The van der Waals surface area contributed by atoms with Gasteiger partial charge in [0.05, 0.1) is 6.54 Å². The standard InChI is InChI=1S/C29H25F10NO2/c30-26(31,28(35,36)29(37,38)39)21-8-3-5-18(13-21)16-40(17-25(41)27(32,33)34)22-9-4-10-23(15-22)42-24-12-11-19-6-1-2-7-20(19)14-24/h3-5,8-15,25,41H,1-2,6-7,16-17H2. The number of hydrogen-bond acceptors (Lipinski definition) is 3. The minimum absolute atomic E-state index is 0.0338. The largest absolute Gasteiger partial charge is 0.460 e. The molecule has 0 amide bonds. The van der Waals surface area contributed by atoms with Crippen LogP contribution in [0.15, 0.2) is 66.7 Å². The quantitative estimate of drug-likeness (QED) is 0.247. The van der Waals surface area contributed by atoms with Gasteiger partial charge in [-0.15, -0.1) is 0 Å². The molecule has 0 aromatic heterocycles. The Labute approximate surface area is 234 Å². The number of alkyl halides is 10. The number of aliphatic hydroxyl groups excluding tert-OH is 1. The first-order valence-corrected chi connectivity index (χ1v) is 12.8. The fourth-order valence-electron chi connectivity index (χ4n) is 4.67. The first-order valence-electron chi connectivity index (χ1n) is 12.8. The predicted molar refractivity (Wildman–Crippen MR) is 134 cm³/mol. The number of benzene rings is 3. The minimum Gasteiger partial charge on any atom is -0.457 e. The van der Waals surface area contributed by atoms with Crippen molar-refractivity contribution < 1.29 is 53.7 Å². The maximum Gasteiger partial charge on any atom is 0.460 e. The zero-order chi connectivity index (χ0) is 30.9. The molecule has 42 heavy (non-hydrogen) atoms. The number of aliphatic hydroxyl groups is 1. The molecule has 228 valence electrons. The lowest BCUT2D eigenvalue weighted by Crippen LogP contribution is -2.50. The van der Waals surface area contributed by atoms with Gasteiger partial charge in [0.25, 0.3) is 0 Å². The van der Waals surface area contributed by atoms with Crippen molar-refractivity contribution in [3.05, 3.63) is 89.0 Å². The van der Waals surface area contributed by atoms with E-state index in [0.29, 0.717) is 17.9 Å². The highest BCUT2D eigenvalue weighted by molar-refractivity contribution is 5.53.